The van der Waals surface area contributed by atoms with Crippen molar-refractivity contribution in [3.8, 4) is 5.75 Å². The van der Waals surface area contributed by atoms with Gasteiger partial charge in [0.15, 0.2) is 0 Å². The molecule has 2 atom stereocenters. The first kappa shape index (κ1) is 26.2. The van der Waals surface area contributed by atoms with E-state index in [9.17, 15) is 14.4 Å². The summed E-state index contributed by atoms with van der Waals surface area (Å²) in [6.07, 6.45) is 0.866. The fourth-order valence-corrected chi connectivity index (χ4v) is 4.53. The molecule has 2 heterocycles. The number of thiophene rings is 1. The standard InChI is InChI=1S/C24H31N5O5S/c1-33-18-11-20(24(32)28-12-19-10-16(15-35-19)23(25)26)29(14-18)22(31)13-27-21(30)8-5-9-34-17-6-3-2-4-7-17/h2-4,6-7,10,15,18,20H,5,8-9,11-14H2,1H3,(H3,25,26)(H,27,30)(H,28,32)/t18-,20+/m1/s1. The summed E-state index contributed by atoms with van der Waals surface area (Å²) in [5.74, 6) is -0.168. The van der Waals surface area contributed by atoms with Crippen molar-refractivity contribution in [2.45, 2.75) is 38.0 Å². The Balaban J connectivity index is 1.43. The second-order valence-corrected chi connectivity index (χ2v) is 9.13. The Kier molecular flexibility index (Phi) is 9.62. The maximum atomic E-state index is 12.8. The summed E-state index contributed by atoms with van der Waals surface area (Å²) in [6, 6.07) is 10.4. The number of rotatable bonds is 12. The number of methoxy groups -OCH3 is 1. The lowest BCUT2D eigenvalue weighted by Gasteiger charge is -2.23. The summed E-state index contributed by atoms with van der Waals surface area (Å²) in [5, 5.41) is 14.7. The van der Waals surface area contributed by atoms with E-state index >= 15 is 0 Å². The first-order valence-corrected chi connectivity index (χ1v) is 12.2. The van der Waals surface area contributed by atoms with Crippen LogP contribution in [-0.4, -0.2) is 67.4 Å². The van der Waals surface area contributed by atoms with E-state index < -0.39 is 6.04 Å². The van der Waals surface area contributed by atoms with E-state index in [1.807, 2.05) is 30.3 Å². The highest BCUT2D eigenvalue weighted by Crippen LogP contribution is 2.21. The number of amidine groups is 1. The Morgan fingerprint density at radius 3 is 2.69 bits per heavy atom. The number of amides is 3. The maximum absolute atomic E-state index is 12.8. The van der Waals surface area contributed by atoms with Gasteiger partial charge in [-0.15, -0.1) is 11.3 Å². The summed E-state index contributed by atoms with van der Waals surface area (Å²) >= 11 is 1.40. The molecule has 188 valence electrons. The average molecular weight is 502 g/mol. The van der Waals surface area contributed by atoms with Gasteiger partial charge in [0.25, 0.3) is 0 Å². The molecule has 0 unspecified atom stereocenters. The molecule has 1 aliphatic heterocycles. The monoisotopic (exact) mass is 501 g/mol. The van der Waals surface area contributed by atoms with Crippen LogP contribution < -0.4 is 21.1 Å². The highest BCUT2D eigenvalue weighted by molar-refractivity contribution is 7.10. The van der Waals surface area contributed by atoms with Crippen LogP contribution in [0.1, 0.15) is 29.7 Å². The minimum absolute atomic E-state index is 0.0277. The molecular weight excluding hydrogens is 470 g/mol. The number of nitrogens with zero attached hydrogens (tertiary/aromatic N) is 1. The number of para-hydroxylation sites is 1. The Bertz CT molecular complexity index is 1030. The lowest BCUT2D eigenvalue weighted by atomic mass is 10.2. The van der Waals surface area contributed by atoms with Crippen LogP contribution in [0, 0.1) is 5.41 Å². The third-order valence-corrected chi connectivity index (χ3v) is 6.55. The number of nitrogens with one attached hydrogen (secondary N) is 3. The third kappa shape index (κ3) is 7.79. The molecule has 1 fully saturated rings. The van der Waals surface area contributed by atoms with Crippen LogP contribution in [0.3, 0.4) is 0 Å². The van der Waals surface area contributed by atoms with Gasteiger partial charge in [0, 0.05) is 42.3 Å². The molecule has 10 nitrogen and oxygen atoms in total. The van der Waals surface area contributed by atoms with Crippen LogP contribution in [0.2, 0.25) is 0 Å². The predicted molar refractivity (Wildman–Crippen MR) is 132 cm³/mol. The van der Waals surface area contributed by atoms with Crippen molar-refractivity contribution in [3.05, 3.63) is 52.2 Å². The molecule has 0 spiro atoms. The van der Waals surface area contributed by atoms with Crippen molar-refractivity contribution in [1.82, 2.24) is 15.5 Å². The van der Waals surface area contributed by atoms with E-state index in [-0.39, 0.29) is 55.7 Å². The Hall–Kier alpha value is -3.44. The zero-order valence-corrected chi connectivity index (χ0v) is 20.4. The van der Waals surface area contributed by atoms with E-state index in [0.717, 1.165) is 10.6 Å². The molecule has 3 amide bonds. The number of likely N-dealkylation sites (tertiary alicyclic amines) is 1. The third-order valence-electron chi connectivity index (χ3n) is 5.62. The van der Waals surface area contributed by atoms with Gasteiger partial charge in [-0.05, 0) is 24.6 Å². The minimum Gasteiger partial charge on any atom is -0.494 e. The molecule has 0 saturated carbocycles. The molecule has 0 bridgehead atoms. The van der Waals surface area contributed by atoms with Crippen molar-refractivity contribution in [3.63, 3.8) is 0 Å². The van der Waals surface area contributed by atoms with Crippen LogP contribution in [-0.2, 0) is 25.7 Å². The number of hydrogen-bond donors (Lipinski definition) is 4. The first-order valence-electron chi connectivity index (χ1n) is 11.3. The van der Waals surface area contributed by atoms with Crippen molar-refractivity contribution in [2.75, 3.05) is 26.8 Å². The van der Waals surface area contributed by atoms with Crippen molar-refractivity contribution in [2.24, 2.45) is 5.73 Å². The normalized spacial score (nSPS) is 17.1. The van der Waals surface area contributed by atoms with Gasteiger partial charge < -0.3 is 30.7 Å². The van der Waals surface area contributed by atoms with Gasteiger partial charge in [0.1, 0.15) is 17.6 Å². The molecule has 0 radical (unpaired) electrons. The topological polar surface area (TPSA) is 147 Å². The highest BCUT2D eigenvalue weighted by Gasteiger charge is 2.39. The van der Waals surface area contributed by atoms with Crippen molar-refractivity contribution in [1.29, 1.82) is 5.41 Å². The molecule has 3 rings (SSSR count). The Morgan fingerprint density at radius 2 is 2.00 bits per heavy atom. The van der Waals surface area contributed by atoms with Gasteiger partial charge >= 0.3 is 0 Å². The summed E-state index contributed by atoms with van der Waals surface area (Å²) in [7, 11) is 1.54. The average Bonchev–Trinajstić information content (AvgIpc) is 3.52. The zero-order chi connectivity index (χ0) is 25.2. The van der Waals surface area contributed by atoms with Gasteiger partial charge in [0.05, 0.1) is 25.8 Å². The molecule has 1 aromatic heterocycles. The fraction of sp³-hybridized carbons (Fsp3) is 0.417. The SMILES string of the molecule is CO[C@@H]1C[C@@H](C(=O)NCc2cc(C(=N)N)cs2)N(C(=O)CNC(=O)CCCOc2ccccc2)C1. The van der Waals surface area contributed by atoms with Gasteiger partial charge in [-0.3, -0.25) is 19.8 Å². The number of carbonyl (C=O) groups is 3. The van der Waals surface area contributed by atoms with E-state index in [4.69, 9.17) is 20.6 Å². The summed E-state index contributed by atoms with van der Waals surface area (Å²) in [5.41, 5.74) is 6.09. The van der Waals surface area contributed by atoms with Gasteiger partial charge in [0.2, 0.25) is 17.7 Å². The Morgan fingerprint density at radius 1 is 1.23 bits per heavy atom. The van der Waals surface area contributed by atoms with Gasteiger partial charge in [-0.1, -0.05) is 18.2 Å². The maximum Gasteiger partial charge on any atom is 0.243 e. The van der Waals surface area contributed by atoms with E-state index in [1.165, 1.54) is 16.2 Å². The quantitative estimate of drug-likeness (QED) is 0.195. The summed E-state index contributed by atoms with van der Waals surface area (Å²) in [6.45, 7) is 0.759. The fourth-order valence-electron chi connectivity index (χ4n) is 3.70. The summed E-state index contributed by atoms with van der Waals surface area (Å²) < 4.78 is 10.9. The molecule has 1 aromatic carbocycles. The Labute approximate surface area is 208 Å². The second-order valence-electron chi connectivity index (χ2n) is 8.13. The summed E-state index contributed by atoms with van der Waals surface area (Å²) in [4.78, 5) is 40.1. The first-order chi connectivity index (χ1) is 16.9. The molecule has 0 aliphatic carbocycles. The molecule has 35 heavy (non-hydrogen) atoms. The van der Waals surface area contributed by atoms with Gasteiger partial charge in [-0.25, -0.2) is 0 Å². The number of benzene rings is 1. The van der Waals surface area contributed by atoms with Gasteiger partial charge in [-0.2, -0.15) is 0 Å². The van der Waals surface area contributed by atoms with E-state index in [1.54, 1.807) is 18.6 Å². The minimum atomic E-state index is -0.684. The number of carbonyl (C=O) groups excluding carboxylic acids is 3. The molecule has 2 aromatic rings. The number of ether oxygens (including phenoxy) is 2. The lowest BCUT2D eigenvalue weighted by Crippen LogP contribution is -2.48. The van der Waals surface area contributed by atoms with Crippen molar-refractivity contribution >= 4 is 34.9 Å². The lowest BCUT2D eigenvalue weighted by molar-refractivity contribution is -0.138. The number of nitrogen functional groups attached to an aromatic ring is 1. The molecular formula is C24H31N5O5S. The second kappa shape index (κ2) is 12.9. The number of nitrogens with two attached hydrogens (primary N) is 1. The predicted octanol–water partition coefficient (Wildman–Crippen LogP) is 1.24. The van der Waals surface area contributed by atoms with E-state index in [2.05, 4.69) is 10.6 Å². The molecule has 1 saturated heterocycles. The van der Waals surface area contributed by atoms with Crippen LogP contribution in [0.4, 0.5) is 0 Å². The smallest absolute Gasteiger partial charge is 0.243 e. The van der Waals surface area contributed by atoms with Crippen LogP contribution in [0.25, 0.3) is 0 Å². The van der Waals surface area contributed by atoms with Crippen LogP contribution in [0.15, 0.2) is 41.8 Å². The number of hydrogen-bond acceptors (Lipinski definition) is 7. The van der Waals surface area contributed by atoms with E-state index in [0.29, 0.717) is 25.0 Å². The molecule has 5 N–H and O–H groups in total. The van der Waals surface area contributed by atoms with Crippen LogP contribution >= 0.6 is 11.3 Å². The molecule has 11 heteroatoms. The van der Waals surface area contributed by atoms with Crippen molar-refractivity contribution < 1.29 is 23.9 Å². The zero-order valence-electron chi connectivity index (χ0n) is 19.6. The highest BCUT2D eigenvalue weighted by atomic mass is 32.1. The van der Waals surface area contributed by atoms with Crippen LogP contribution in [0.5, 0.6) is 5.75 Å². The largest absolute Gasteiger partial charge is 0.494 e. The molecule has 1 aliphatic rings.